The molecule has 0 spiro atoms. The zero-order valence-corrected chi connectivity index (χ0v) is 20.0. The van der Waals surface area contributed by atoms with Crippen molar-refractivity contribution in [1.29, 1.82) is 0 Å². The number of benzene rings is 4. The van der Waals surface area contributed by atoms with Gasteiger partial charge in [0.05, 0.1) is 22.8 Å². The molecule has 0 fully saturated rings. The molecule has 0 radical (unpaired) electrons. The Labute approximate surface area is 211 Å². The van der Waals surface area contributed by atoms with Crippen molar-refractivity contribution in [2.24, 2.45) is 9.98 Å². The molecule has 176 valence electrons. The molecule has 0 bridgehead atoms. The fraction of sp³-hybridized carbons (Fsp3) is 0.0323. The number of anilines is 5. The van der Waals surface area contributed by atoms with Gasteiger partial charge in [-0.2, -0.15) is 0 Å². The van der Waals surface area contributed by atoms with Gasteiger partial charge in [0.2, 0.25) is 0 Å². The van der Waals surface area contributed by atoms with E-state index < -0.39 is 0 Å². The van der Waals surface area contributed by atoms with Crippen LogP contribution in [-0.4, -0.2) is 11.4 Å². The van der Waals surface area contributed by atoms with Crippen LogP contribution in [0.1, 0.15) is 5.56 Å². The lowest BCUT2D eigenvalue weighted by Gasteiger charge is -2.10. The summed E-state index contributed by atoms with van der Waals surface area (Å²) in [5.74, 6) is 0. The molecule has 0 aromatic heterocycles. The molecule has 0 amide bonds. The molecule has 0 saturated carbocycles. The maximum atomic E-state index is 5.73. The third kappa shape index (κ3) is 6.15. The predicted octanol–water partition coefficient (Wildman–Crippen LogP) is 8.04. The molecule has 1 aliphatic rings. The van der Waals surface area contributed by atoms with E-state index in [9.17, 15) is 0 Å². The Hall–Kier alpha value is -4.90. The summed E-state index contributed by atoms with van der Waals surface area (Å²) in [6.07, 6.45) is 7.86. The number of aliphatic imine (C=N–C) groups is 2. The van der Waals surface area contributed by atoms with Crippen LogP contribution < -0.4 is 16.4 Å². The minimum atomic E-state index is 0.730. The van der Waals surface area contributed by atoms with Gasteiger partial charge in [-0.25, -0.2) is 9.98 Å². The summed E-state index contributed by atoms with van der Waals surface area (Å²) in [7, 11) is 0. The van der Waals surface area contributed by atoms with Crippen LogP contribution >= 0.6 is 0 Å². The van der Waals surface area contributed by atoms with Crippen LogP contribution in [0.2, 0.25) is 0 Å². The second kappa shape index (κ2) is 10.6. The first kappa shape index (κ1) is 22.9. The highest BCUT2D eigenvalue weighted by atomic mass is 14.9. The first-order chi connectivity index (χ1) is 17.6. The largest absolute Gasteiger partial charge is 0.399 e. The van der Waals surface area contributed by atoms with E-state index in [2.05, 4.69) is 71.1 Å². The van der Waals surface area contributed by atoms with Gasteiger partial charge in [0, 0.05) is 28.4 Å². The van der Waals surface area contributed by atoms with Crippen molar-refractivity contribution in [3.8, 4) is 0 Å². The number of aryl methyl sites for hydroxylation is 1. The van der Waals surface area contributed by atoms with Gasteiger partial charge >= 0.3 is 0 Å². The molecule has 4 N–H and O–H groups in total. The Kier molecular flexibility index (Phi) is 6.72. The summed E-state index contributed by atoms with van der Waals surface area (Å²) >= 11 is 0. The van der Waals surface area contributed by atoms with Gasteiger partial charge < -0.3 is 16.4 Å². The summed E-state index contributed by atoms with van der Waals surface area (Å²) in [5, 5.41) is 6.86. The maximum absolute atomic E-state index is 5.73. The average molecular weight is 470 g/mol. The van der Waals surface area contributed by atoms with Crippen molar-refractivity contribution in [1.82, 2.24) is 0 Å². The van der Waals surface area contributed by atoms with Gasteiger partial charge in [-0.05, 0) is 116 Å². The molecule has 0 saturated heterocycles. The van der Waals surface area contributed by atoms with Crippen LogP contribution in [0.3, 0.4) is 0 Å². The van der Waals surface area contributed by atoms with E-state index in [1.807, 2.05) is 72.8 Å². The van der Waals surface area contributed by atoms with Crippen LogP contribution in [0.25, 0.3) is 0 Å². The first-order valence-corrected chi connectivity index (χ1v) is 11.8. The Bertz CT molecular complexity index is 1420. The number of nitrogens with two attached hydrogens (primary N) is 1. The summed E-state index contributed by atoms with van der Waals surface area (Å²) in [6.45, 7) is 2.09. The van der Waals surface area contributed by atoms with Gasteiger partial charge in [-0.3, -0.25) is 0 Å². The highest BCUT2D eigenvalue weighted by Gasteiger charge is 2.02. The van der Waals surface area contributed by atoms with E-state index in [-0.39, 0.29) is 0 Å². The summed E-state index contributed by atoms with van der Waals surface area (Å²) in [6, 6.07) is 32.2. The zero-order valence-electron chi connectivity index (χ0n) is 20.0. The van der Waals surface area contributed by atoms with E-state index in [0.29, 0.717) is 0 Å². The Morgan fingerprint density at radius 2 is 0.806 bits per heavy atom. The second-order valence-electron chi connectivity index (χ2n) is 8.57. The number of hydrogen-bond acceptors (Lipinski definition) is 5. The lowest BCUT2D eigenvalue weighted by Crippen LogP contribution is -1.99. The highest BCUT2D eigenvalue weighted by Crippen LogP contribution is 2.24. The number of nitrogens with one attached hydrogen (secondary N) is 2. The SMILES string of the molecule is Cc1ccc(Nc2ccc(Nc3ccc(N=C4C=CC(=Nc5ccc(N)cc5)C=C4)cc3)cc2)cc1. The monoisotopic (exact) mass is 469 g/mol. The molecule has 5 heteroatoms. The van der Waals surface area contributed by atoms with Crippen molar-refractivity contribution < 1.29 is 0 Å². The number of nitrogen functional groups attached to an aromatic ring is 1. The standard InChI is InChI=1S/C31H27N5/c1-22-2-6-24(7-3-22)33-26-10-14-28(15-11-26)35-30-18-20-31(21-19-30)36-29-16-12-27(13-17-29)34-25-8-4-23(32)5-9-25/h2-21,33,35H,32H2,1H3. The molecule has 0 aliphatic heterocycles. The molecule has 4 aromatic carbocycles. The lowest BCUT2D eigenvalue weighted by molar-refractivity contribution is 1.45. The molecule has 5 nitrogen and oxygen atoms in total. The van der Waals surface area contributed by atoms with Crippen LogP contribution in [-0.2, 0) is 0 Å². The average Bonchev–Trinajstić information content (AvgIpc) is 2.90. The van der Waals surface area contributed by atoms with Crippen LogP contribution in [0.4, 0.5) is 39.8 Å². The molecule has 5 rings (SSSR count). The molecule has 0 unspecified atom stereocenters. The van der Waals surface area contributed by atoms with Gasteiger partial charge in [0.25, 0.3) is 0 Å². The number of allylic oxidation sites excluding steroid dienone is 4. The van der Waals surface area contributed by atoms with Crippen molar-refractivity contribution in [3.05, 3.63) is 127 Å². The molecule has 0 heterocycles. The summed E-state index contributed by atoms with van der Waals surface area (Å²) < 4.78 is 0. The van der Waals surface area contributed by atoms with E-state index in [0.717, 1.165) is 51.2 Å². The number of hydrogen-bond donors (Lipinski definition) is 3. The normalized spacial score (nSPS) is 12.4. The minimum absolute atomic E-state index is 0.730. The molecule has 0 atom stereocenters. The fourth-order valence-corrected chi connectivity index (χ4v) is 3.68. The topological polar surface area (TPSA) is 74.8 Å². The third-order valence-corrected chi connectivity index (χ3v) is 5.64. The van der Waals surface area contributed by atoms with Gasteiger partial charge in [-0.1, -0.05) is 17.7 Å². The molecule has 36 heavy (non-hydrogen) atoms. The second-order valence-corrected chi connectivity index (χ2v) is 8.57. The first-order valence-electron chi connectivity index (χ1n) is 11.8. The van der Waals surface area contributed by atoms with Gasteiger partial charge in [-0.15, -0.1) is 0 Å². The molecule has 4 aromatic rings. The van der Waals surface area contributed by atoms with E-state index >= 15 is 0 Å². The summed E-state index contributed by atoms with van der Waals surface area (Å²) in [4.78, 5) is 9.31. The van der Waals surface area contributed by atoms with E-state index in [1.54, 1.807) is 0 Å². The van der Waals surface area contributed by atoms with Crippen molar-refractivity contribution >= 4 is 51.2 Å². The molecular formula is C31H27N5. The van der Waals surface area contributed by atoms with Gasteiger partial charge in [0.15, 0.2) is 0 Å². The van der Waals surface area contributed by atoms with E-state index in [1.165, 1.54) is 5.56 Å². The quantitative estimate of drug-likeness (QED) is 0.198. The maximum Gasteiger partial charge on any atom is 0.0638 e. The van der Waals surface area contributed by atoms with Gasteiger partial charge in [0.1, 0.15) is 0 Å². The lowest BCUT2D eigenvalue weighted by atomic mass is 10.1. The smallest absolute Gasteiger partial charge is 0.0638 e. The third-order valence-electron chi connectivity index (χ3n) is 5.64. The zero-order chi connectivity index (χ0) is 24.7. The number of nitrogens with zero attached hydrogens (tertiary/aromatic N) is 2. The van der Waals surface area contributed by atoms with Crippen LogP contribution in [0.5, 0.6) is 0 Å². The minimum Gasteiger partial charge on any atom is -0.399 e. The Morgan fingerprint density at radius 1 is 0.472 bits per heavy atom. The van der Waals surface area contributed by atoms with Crippen molar-refractivity contribution in [3.63, 3.8) is 0 Å². The van der Waals surface area contributed by atoms with E-state index in [4.69, 9.17) is 10.7 Å². The predicted molar refractivity (Wildman–Crippen MR) is 154 cm³/mol. The Balaban J connectivity index is 1.18. The molecular weight excluding hydrogens is 442 g/mol. The van der Waals surface area contributed by atoms with Crippen molar-refractivity contribution in [2.75, 3.05) is 16.4 Å². The summed E-state index contributed by atoms with van der Waals surface area (Å²) in [5.41, 5.74) is 15.4. The van der Waals surface area contributed by atoms with Crippen LogP contribution in [0, 0.1) is 6.92 Å². The highest BCUT2D eigenvalue weighted by molar-refractivity contribution is 6.19. The number of rotatable bonds is 6. The fourth-order valence-electron chi connectivity index (χ4n) is 3.68. The molecule has 1 aliphatic carbocycles. The van der Waals surface area contributed by atoms with Crippen molar-refractivity contribution in [2.45, 2.75) is 6.92 Å². The van der Waals surface area contributed by atoms with Crippen LogP contribution in [0.15, 0.2) is 131 Å². The Morgan fingerprint density at radius 3 is 1.22 bits per heavy atom.